The van der Waals surface area contributed by atoms with Crippen LogP contribution in [0.1, 0.15) is 30.7 Å². The Labute approximate surface area is 220 Å². The van der Waals surface area contributed by atoms with Crippen LogP contribution in [0, 0.1) is 16.0 Å². The zero-order chi connectivity index (χ0) is 27.1. The fourth-order valence-corrected chi connectivity index (χ4v) is 4.00. The number of amides is 2. The van der Waals surface area contributed by atoms with E-state index in [9.17, 15) is 19.7 Å². The fourth-order valence-electron chi connectivity index (χ4n) is 4.00. The first-order chi connectivity index (χ1) is 18.3. The molecule has 10 nitrogen and oxygen atoms in total. The van der Waals surface area contributed by atoms with Gasteiger partial charge in [0.25, 0.3) is 5.69 Å². The van der Waals surface area contributed by atoms with E-state index in [1.165, 1.54) is 23.1 Å². The summed E-state index contributed by atoms with van der Waals surface area (Å²) in [4.78, 5) is 40.2. The number of hydrogen-bond acceptors (Lipinski definition) is 7. The molecule has 1 aromatic heterocycles. The van der Waals surface area contributed by atoms with E-state index in [1.54, 1.807) is 41.5 Å². The van der Waals surface area contributed by atoms with Crippen molar-refractivity contribution in [2.45, 2.75) is 26.9 Å². The quantitative estimate of drug-likeness (QED) is 0.206. The second-order valence-corrected chi connectivity index (χ2v) is 9.31. The highest BCUT2D eigenvalue weighted by molar-refractivity contribution is 5.94. The zero-order valence-electron chi connectivity index (χ0n) is 21.2. The van der Waals surface area contributed by atoms with Crippen LogP contribution in [-0.4, -0.2) is 46.4 Å². The highest BCUT2D eigenvalue weighted by atomic mass is 16.7. The summed E-state index contributed by atoms with van der Waals surface area (Å²) in [5.74, 6) is 1.47. The molecule has 0 saturated carbocycles. The monoisotopic (exact) mass is 519 g/mol. The Kier molecular flexibility index (Phi) is 8.42. The normalized spacial score (nSPS) is 12.2. The lowest BCUT2D eigenvalue weighted by molar-refractivity contribution is -0.384. The van der Waals surface area contributed by atoms with Gasteiger partial charge in [0, 0.05) is 31.3 Å². The van der Waals surface area contributed by atoms with Gasteiger partial charge in [-0.15, -0.1) is 0 Å². The third-order valence-electron chi connectivity index (χ3n) is 5.84. The summed E-state index contributed by atoms with van der Waals surface area (Å²) in [6.45, 7) is 4.89. The number of fused-ring (bicyclic) bond motifs is 1. The van der Waals surface area contributed by atoms with Crippen molar-refractivity contribution in [1.82, 2.24) is 9.80 Å². The molecular formula is C28H29N3O7. The van der Waals surface area contributed by atoms with E-state index in [2.05, 4.69) is 0 Å². The zero-order valence-corrected chi connectivity index (χ0v) is 21.2. The summed E-state index contributed by atoms with van der Waals surface area (Å²) < 4.78 is 16.3. The molecule has 0 bridgehead atoms. The third kappa shape index (κ3) is 7.00. The lowest BCUT2D eigenvalue weighted by Gasteiger charge is -2.28. The van der Waals surface area contributed by atoms with Crippen LogP contribution in [-0.2, 0) is 22.7 Å². The lowest BCUT2D eigenvalue weighted by Crippen LogP contribution is -2.43. The predicted octanol–water partition coefficient (Wildman–Crippen LogP) is 4.64. The molecule has 2 amide bonds. The molecule has 2 heterocycles. The Morgan fingerprint density at radius 3 is 2.47 bits per heavy atom. The summed E-state index contributed by atoms with van der Waals surface area (Å²) in [5.41, 5.74) is 1.47. The van der Waals surface area contributed by atoms with E-state index < -0.39 is 4.92 Å². The van der Waals surface area contributed by atoms with Gasteiger partial charge in [0.15, 0.2) is 11.5 Å². The molecule has 0 aliphatic carbocycles. The average Bonchev–Trinajstić information content (AvgIpc) is 3.58. The average molecular weight is 520 g/mol. The summed E-state index contributed by atoms with van der Waals surface area (Å²) in [5, 5.41) is 10.9. The minimum absolute atomic E-state index is 0.0281. The molecule has 0 unspecified atom stereocenters. The van der Waals surface area contributed by atoms with E-state index in [0.29, 0.717) is 35.9 Å². The number of carbonyl (C=O) groups excluding carboxylic acids is 2. The van der Waals surface area contributed by atoms with Crippen molar-refractivity contribution in [2.24, 2.45) is 5.92 Å². The fraction of sp³-hybridized carbons (Fsp3) is 0.286. The van der Waals surface area contributed by atoms with Gasteiger partial charge in [-0.25, -0.2) is 0 Å². The topological polar surface area (TPSA) is 115 Å². The number of nitro benzene ring substituents is 1. The van der Waals surface area contributed by atoms with Crippen molar-refractivity contribution >= 4 is 23.6 Å². The second-order valence-electron chi connectivity index (χ2n) is 9.31. The minimum Gasteiger partial charge on any atom is -0.467 e. The van der Waals surface area contributed by atoms with E-state index in [1.807, 2.05) is 32.0 Å². The van der Waals surface area contributed by atoms with Gasteiger partial charge < -0.3 is 23.7 Å². The first kappa shape index (κ1) is 26.5. The molecule has 4 rings (SSSR count). The van der Waals surface area contributed by atoms with Gasteiger partial charge >= 0.3 is 0 Å². The van der Waals surface area contributed by atoms with E-state index >= 15 is 0 Å². The molecule has 1 aliphatic heterocycles. The van der Waals surface area contributed by atoms with Crippen molar-refractivity contribution in [2.75, 3.05) is 19.9 Å². The van der Waals surface area contributed by atoms with Gasteiger partial charge in [0.1, 0.15) is 12.3 Å². The molecule has 0 radical (unpaired) electrons. The first-order valence-corrected chi connectivity index (χ1v) is 12.2. The molecule has 198 valence electrons. The number of carbonyl (C=O) groups is 2. The van der Waals surface area contributed by atoms with E-state index in [4.69, 9.17) is 13.9 Å². The maximum Gasteiger partial charge on any atom is 0.269 e. The summed E-state index contributed by atoms with van der Waals surface area (Å²) in [6.07, 6.45) is 4.51. The maximum atomic E-state index is 13.5. The minimum atomic E-state index is -0.479. The van der Waals surface area contributed by atoms with Crippen LogP contribution in [0.5, 0.6) is 11.5 Å². The number of nitrogens with zero attached hydrogens (tertiary/aromatic N) is 3. The van der Waals surface area contributed by atoms with Gasteiger partial charge in [-0.3, -0.25) is 19.7 Å². The Morgan fingerprint density at radius 1 is 1.03 bits per heavy atom. The van der Waals surface area contributed by atoms with Crippen molar-refractivity contribution in [3.8, 4) is 11.5 Å². The summed E-state index contributed by atoms with van der Waals surface area (Å²) in [6, 6.07) is 15.0. The molecule has 0 fully saturated rings. The van der Waals surface area contributed by atoms with Gasteiger partial charge in [-0.1, -0.05) is 19.9 Å². The van der Waals surface area contributed by atoms with Gasteiger partial charge in [-0.2, -0.15) is 0 Å². The SMILES string of the molecule is CC(C)CN(CC(=O)N(Cc1ccc2c(c1)OCO2)Cc1ccco1)C(=O)/C=C/c1ccc([N+](=O)[O-])cc1. The highest BCUT2D eigenvalue weighted by Gasteiger charge is 2.23. The van der Waals surface area contributed by atoms with Crippen LogP contribution >= 0.6 is 0 Å². The van der Waals surface area contributed by atoms with Crippen LogP contribution in [0.2, 0.25) is 0 Å². The third-order valence-corrected chi connectivity index (χ3v) is 5.84. The molecular weight excluding hydrogens is 490 g/mol. The van der Waals surface area contributed by atoms with Crippen LogP contribution in [0.4, 0.5) is 5.69 Å². The lowest BCUT2D eigenvalue weighted by atomic mass is 10.1. The van der Waals surface area contributed by atoms with Crippen molar-refractivity contribution in [1.29, 1.82) is 0 Å². The molecule has 2 aromatic carbocycles. The number of benzene rings is 2. The largest absolute Gasteiger partial charge is 0.467 e. The Bertz CT molecular complexity index is 1300. The van der Waals surface area contributed by atoms with E-state index in [0.717, 1.165) is 5.56 Å². The van der Waals surface area contributed by atoms with E-state index in [-0.39, 0.29) is 43.3 Å². The van der Waals surface area contributed by atoms with Crippen molar-refractivity contribution in [3.05, 3.63) is 93.9 Å². The predicted molar refractivity (Wildman–Crippen MR) is 139 cm³/mol. The number of rotatable bonds is 11. The highest BCUT2D eigenvalue weighted by Crippen LogP contribution is 2.33. The van der Waals surface area contributed by atoms with Gasteiger partial charge in [0.2, 0.25) is 18.6 Å². The number of non-ortho nitro benzene ring substituents is 1. The van der Waals surface area contributed by atoms with Crippen LogP contribution < -0.4 is 9.47 Å². The molecule has 3 aromatic rings. The van der Waals surface area contributed by atoms with Crippen LogP contribution in [0.3, 0.4) is 0 Å². The van der Waals surface area contributed by atoms with Crippen LogP contribution in [0.15, 0.2) is 71.4 Å². The number of nitro groups is 1. The van der Waals surface area contributed by atoms with Crippen LogP contribution in [0.25, 0.3) is 6.08 Å². The molecule has 0 saturated heterocycles. The molecule has 10 heteroatoms. The maximum absolute atomic E-state index is 13.5. The Morgan fingerprint density at radius 2 is 1.79 bits per heavy atom. The molecule has 0 N–H and O–H groups in total. The molecule has 38 heavy (non-hydrogen) atoms. The second kappa shape index (κ2) is 12.1. The summed E-state index contributed by atoms with van der Waals surface area (Å²) >= 11 is 0. The number of hydrogen-bond donors (Lipinski definition) is 0. The van der Waals surface area contributed by atoms with Gasteiger partial charge in [-0.05, 0) is 59.5 Å². The standard InChI is InChI=1S/C28H29N3O7/c1-20(2)15-29(27(32)12-8-21-5-9-23(10-6-21)31(34)35)18-28(33)30(17-24-4-3-13-36-24)16-22-7-11-25-26(14-22)38-19-37-25/h3-14,20H,15-19H2,1-2H3/b12-8+. The first-order valence-electron chi connectivity index (χ1n) is 12.2. The summed E-state index contributed by atoms with van der Waals surface area (Å²) in [7, 11) is 0. The molecule has 0 spiro atoms. The number of ether oxygens (including phenoxy) is 2. The Hall–Kier alpha value is -4.60. The Balaban J connectivity index is 1.49. The van der Waals surface area contributed by atoms with Crippen molar-refractivity contribution in [3.63, 3.8) is 0 Å². The smallest absolute Gasteiger partial charge is 0.269 e. The number of furan rings is 1. The van der Waals surface area contributed by atoms with Gasteiger partial charge in [0.05, 0.1) is 17.7 Å². The van der Waals surface area contributed by atoms with Crippen molar-refractivity contribution < 1.29 is 28.4 Å². The molecule has 0 atom stereocenters. The molecule has 1 aliphatic rings.